The Kier molecular flexibility index (Phi) is 4.24. The Morgan fingerprint density at radius 1 is 1.19 bits per heavy atom. The Labute approximate surface area is 151 Å². The third-order valence-electron chi connectivity index (χ3n) is 5.06. The molecule has 0 bridgehead atoms. The number of hydrogen-bond donors (Lipinski definition) is 2. The number of rotatable bonds is 2. The minimum Gasteiger partial charge on any atom is -0.378 e. The van der Waals surface area contributed by atoms with Gasteiger partial charge in [-0.3, -0.25) is 14.6 Å². The summed E-state index contributed by atoms with van der Waals surface area (Å²) >= 11 is 0. The predicted molar refractivity (Wildman–Crippen MR) is 98.9 cm³/mol. The molecule has 3 heterocycles. The van der Waals surface area contributed by atoms with Gasteiger partial charge in [-0.25, -0.2) is 0 Å². The summed E-state index contributed by atoms with van der Waals surface area (Å²) in [7, 11) is 0. The van der Waals surface area contributed by atoms with E-state index < -0.39 is 0 Å². The molecule has 2 aromatic rings. The molecule has 0 aliphatic carbocycles. The normalized spacial score (nSPS) is 19.8. The average molecular weight is 354 g/mol. The molecule has 2 N–H and O–H groups in total. The van der Waals surface area contributed by atoms with Crippen LogP contribution in [0.5, 0.6) is 0 Å². The number of aryl methyl sites for hydroxylation is 2. The second kappa shape index (κ2) is 6.57. The Morgan fingerprint density at radius 3 is 2.73 bits per heavy atom. The highest BCUT2D eigenvalue weighted by atomic mass is 16.5. The van der Waals surface area contributed by atoms with Crippen LogP contribution in [0.25, 0.3) is 0 Å². The van der Waals surface area contributed by atoms with E-state index in [0.29, 0.717) is 43.6 Å². The number of H-pyrrole nitrogens is 1. The summed E-state index contributed by atoms with van der Waals surface area (Å²) in [6.07, 6.45) is 0.249. The lowest BCUT2D eigenvalue weighted by molar-refractivity contribution is -0.116. The third-order valence-corrected chi connectivity index (χ3v) is 5.06. The molecule has 1 amide bonds. The van der Waals surface area contributed by atoms with Gasteiger partial charge in [0.2, 0.25) is 11.9 Å². The van der Waals surface area contributed by atoms with Gasteiger partial charge in [0.05, 0.1) is 18.8 Å². The van der Waals surface area contributed by atoms with Crippen LogP contribution in [0.4, 0.5) is 11.8 Å². The summed E-state index contributed by atoms with van der Waals surface area (Å²) in [5.74, 6) is 0.458. The summed E-state index contributed by atoms with van der Waals surface area (Å²) in [5.41, 5.74) is 3.52. The van der Waals surface area contributed by atoms with Crippen LogP contribution in [0.3, 0.4) is 0 Å². The van der Waals surface area contributed by atoms with Crippen molar-refractivity contribution in [1.82, 2.24) is 9.97 Å². The van der Waals surface area contributed by atoms with E-state index in [-0.39, 0.29) is 23.8 Å². The van der Waals surface area contributed by atoms with E-state index in [4.69, 9.17) is 4.74 Å². The van der Waals surface area contributed by atoms with Gasteiger partial charge in [0, 0.05) is 25.4 Å². The zero-order chi connectivity index (χ0) is 18.3. The lowest BCUT2D eigenvalue weighted by Gasteiger charge is -2.30. The molecule has 7 heteroatoms. The number of hydrogen-bond acceptors (Lipinski definition) is 5. The number of benzene rings is 1. The van der Waals surface area contributed by atoms with Gasteiger partial charge >= 0.3 is 0 Å². The van der Waals surface area contributed by atoms with Gasteiger partial charge in [-0.05, 0) is 25.0 Å². The van der Waals surface area contributed by atoms with E-state index in [9.17, 15) is 9.59 Å². The number of morpholine rings is 1. The predicted octanol–water partition coefficient (Wildman–Crippen LogP) is 1.70. The van der Waals surface area contributed by atoms with Crippen LogP contribution in [-0.4, -0.2) is 42.2 Å². The largest absolute Gasteiger partial charge is 0.378 e. The van der Waals surface area contributed by atoms with Crippen molar-refractivity contribution in [3.8, 4) is 0 Å². The number of aromatic amines is 1. The van der Waals surface area contributed by atoms with Crippen LogP contribution in [0.15, 0.2) is 23.0 Å². The lowest BCUT2D eigenvalue weighted by Crippen LogP contribution is -2.40. The Morgan fingerprint density at radius 2 is 1.96 bits per heavy atom. The van der Waals surface area contributed by atoms with Crippen molar-refractivity contribution >= 4 is 17.7 Å². The molecule has 0 spiro atoms. The highest BCUT2D eigenvalue weighted by molar-refractivity contribution is 5.94. The third kappa shape index (κ3) is 2.99. The molecule has 1 saturated heterocycles. The molecule has 7 nitrogen and oxygen atoms in total. The number of aromatic nitrogens is 2. The zero-order valence-electron chi connectivity index (χ0n) is 15.0. The molecular weight excluding hydrogens is 332 g/mol. The van der Waals surface area contributed by atoms with Gasteiger partial charge in [-0.15, -0.1) is 0 Å². The Hall–Kier alpha value is -2.67. The minimum absolute atomic E-state index is 0.116. The second-order valence-electron chi connectivity index (χ2n) is 6.92. The standard InChI is InChI=1S/C19H22N4O3/c1-11-3-4-12(2)13(9-11)14-10-15(24)20-17-16(14)18(25)22-19(21-17)23-5-7-26-8-6-23/h3-4,9,14H,5-8,10H2,1-2H3,(H2,20,21,22,24,25). The van der Waals surface area contributed by atoms with Gasteiger partial charge in [0.25, 0.3) is 5.56 Å². The average Bonchev–Trinajstić information content (AvgIpc) is 2.63. The van der Waals surface area contributed by atoms with Crippen molar-refractivity contribution in [3.05, 3.63) is 50.8 Å². The number of nitrogens with zero attached hydrogens (tertiary/aromatic N) is 2. The number of carbonyl (C=O) groups is 1. The van der Waals surface area contributed by atoms with Crippen molar-refractivity contribution < 1.29 is 9.53 Å². The molecule has 2 aliphatic rings. The molecule has 1 aromatic heterocycles. The van der Waals surface area contributed by atoms with Gasteiger partial charge in [-0.2, -0.15) is 4.98 Å². The van der Waals surface area contributed by atoms with E-state index in [1.54, 1.807) is 0 Å². The summed E-state index contributed by atoms with van der Waals surface area (Å²) in [6, 6.07) is 6.12. The van der Waals surface area contributed by atoms with E-state index in [1.807, 2.05) is 30.9 Å². The molecule has 1 fully saturated rings. The van der Waals surface area contributed by atoms with E-state index in [1.165, 1.54) is 0 Å². The zero-order valence-corrected chi connectivity index (χ0v) is 15.0. The van der Waals surface area contributed by atoms with Crippen molar-refractivity contribution in [3.63, 3.8) is 0 Å². The van der Waals surface area contributed by atoms with Gasteiger partial charge in [-0.1, -0.05) is 23.8 Å². The number of nitrogens with one attached hydrogen (secondary N) is 2. The van der Waals surface area contributed by atoms with E-state index in [2.05, 4.69) is 21.4 Å². The van der Waals surface area contributed by atoms with E-state index in [0.717, 1.165) is 16.7 Å². The van der Waals surface area contributed by atoms with Gasteiger partial charge in [0.1, 0.15) is 5.82 Å². The van der Waals surface area contributed by atoms with Crippen molar-refractivity contribution in [2.45, 2.75) is 26.2 Å². The maximum Gasteiger partial charge on any atom is 0.258 e. The van der Waals surface area contributed by atoms with Crippen LogP contribution in [0.2, 0.25) is 0 Å². The van der Waals surface area contributed by atoms with Gasteiger partial charge in [0.15, 0.2) is 0 Å². The van der Waals surface area contributed by atoms with Crippen LogP contribution < -0.4 is 15.8 Å². The Balaban J connectivity index is 1.81. The number of amides is 1. The topological polar surface area (TPSA) is 87.3 Å². The fraction of sp³-hybridized carbons (Fsp3) is 0.421. The quantitative estimate of drug-likeness (QED) is 0.857. The first-order valence-corrected chi connectivity index (χ1v) is 8.87. The summed E-state index contributed by atoms with van der Waals surface area (Å²) in [5, 5.41) is 2.79. The minimum atomic E-state index is -0.284. The SMILES string of the molecule is Cc1ccc(C)c(C2CC(=O)Nc3nc(N4CCOCC4)[nH]c(=O)c32)c1. The number of ether oxygens (including phenoxy) is 1. The highest BCUT2D eigenvalue weighted by Crippen LogP contribution is 2.36. The first-order valence-electron chi connectivity index (χ1n) is 8.87. The molecule has 136 valence electrons. The second-order valence-corrected chi connectivity index (χ2v) is 6.92. The first kappa shape index (κ1) is 16.8. The molecule has 4 rings (SSSR count). The highest BCUT2D eigenvalue weighted by Gasteiger charge is 2.32. The first-order chi connectivity index (χ1) is 12.5. The molecule has 2 aliphatic heterocycles. The lowest BCUT2D eigenvalue weighted by atomic mass is 9.84. The summed E-state index contributed by atoms with van der Waals surface area (Å²) < 4.78 is 5.35. The number of fused-ring (bicyclic) bond motifs is 1. The number of carbonyl (C=O) groups excluding carboxylic acids is 1. The van der Waals surface area contributed by atoms with Crippen molar-refractivity contribution in [1.29, 1.82) is 0 Å². The maximum atomic E-state index is 12.9. The maximum absolute atomic E-state index is 12.9. The molecule has 26 heavy (non-hydrogen) atoms. The fourth-order valence-corrected chi connectivity index (χ4v) is 3.69. The summed E-state index contributed by atoms with van der Waals surface area (Å²) in [4.78, 5) is 34.7. The van der Waals surface area contributed by atoms with E-state index >= 15 is 0 Å². The molecule has 0 saturated carbocycles. The van der Waals surface area contributed by atoms with Crippen LogP contribution in [0, 0.1) is 13.8 Å². The monoisotopic (exact) mass is 354 g/mol. The Bertz CT molecular complexity index is 915. The molecular formula is C19H22N4O3. The molecule has 1 aromatic carbocycles. The molecule has 0 radical (unpaired) electrons. The molecule has 1 unspecified atom stereocenters. The van der Waals surface area contributed by atoms with Crippen molar-refractivity contribution in [2.75, 3.05) is 36.5 Å². The fourth-order valence-electron chi connectivity index (χ4n) is 3.69. The molecule has 1 atom stereocenters. The van der Waals surface area contributed by atoms with Gasteiger partial charge < -0.3 is 15.0 Å². The van der Waals surface area contributed by atoms with Crippen LogP contribution in [0.1, 0.15) is 34.6 Å². The smallest absolute Gasteiger partial charge is 0.258 e. The number of anilines is 2. The summed E-state index contributed by atoms with van der Waals surface area (Å²) in [6.45, 7) is 6.53. The van der Waals surface area contributed by atoms with Crippen LogP contribution >= 0.6 is 0 Å². The van der Waals surface area contributed by atoms with Crippen molar-refractivity contribution in [2.24, 2.45) is 0 Å². The van der Waals surface area contributed by atoms with Crippen LogP contribution in [-0.2, 0) is 9.53 Å².